The van der Waals surface area contributed by atoms with Crippen LogP contribution >= 0.6 is 39.5 Å². The molecule has 5 nitrogen and oxygen atoms in total. The van der Waals surface area contributed by atoms with Gasteiger partial charge in [-0.05, 0) is 71.5 Å². The second kappa shape index (κ2) is 7.63. The highest BCUT2D eigenvalue weighted by Crippen LogP contribution is 2.37. The number of anilines is 1. The molecule has 1 aliphatic rings. The Morgan fingerprint density at radius 3 is 2.64 bits per heavy atom. The maximum atomic E-state index is 12.3. The van der Waals surface area contributed by atoms with Gasteiger partial charge in [-0.2, -0.15) is 0 Å². The van der Waals surface area contributed by atoms with Crippen molar-refractivity contribution in [2.75, 3.05) is 5.32 Å². The van der Waals surface area contributed by atoms with Crippen LogP contribution in [0.5, 0.6) is 0 Å². The number of carbonyl (C=O) groups excluding carboxylic acids is 2. The van der Waals surface area contributed by atoms with E-state index < -0.39 is 5.91 Å². The van der Waals surface area contributed by atoms with E-state index in [0.29, 0.717) is 20.6 Å². The third-order valence-electron chi connectivity index (χ3n) is 3.99. The molecule has 0 spiro atoms. The first-order chi connectivity index (χ1) is 12.0. The Morgan fingerprint density at radius 1 is 1.20 bits per heavy atom. The summed E-state index contributed by atoms with van der Waals surface area (Å²) in [5.41, 5.74) is 7.56. The molecule has 1 aliphatic carbocycles. The van der Waals surface area contributed by atoms with Crippen molar-refractivity contribution in [3.63, 3.8) is 0 Å². The van der Waals surface area contributed by atoms with E-state index in [1.165, 1.54) is 16.2 Å². The molecule has 8 heteroatoms. The summed E-state index contributed by atoms with van der Waals surface area (Å²) in [6, 6.07) is 7.08. The van der Waals surface area contributed by atoms with Gasteiger partial charge in [-0.3, -0.25) is 14.9 Å². The number of aryl methyl sites for hydroxylation is 1. The van der Waals surface area contributed by atoms with Crippen LogP contribution in [0.15, 0.2) is 28.7 Å². The molecule has 4 N–H and O–H groups in total. The van der Waals surface area contributed by atoms with E-state index in [0.717, 1.165) is 31.2 Å². The Kier molecular flexibility index (Phi) is 5.51. The van der Waals surface area contributed by atoms with Crippen molar-refractivity contribution in [2.45, 2.75) is 25.7 Å². The maximum absolute atomic E-state index is 12.3. The van der Waals surface area contributed by atoms with Crippen LogP contribution in [-0.4, -0.2) is 16.9 Å². The van der Waals surface area contributed by atoms with Gasteiger partial charge in [-0.15, -0.1) is 11.3 Å². The molecule has 1 aromatic heterocycles. The van der Waals surface area contributed by atoms with Gasteiger partial charge >= 0.3 is 0 Å². The zero-order valence-corrected chi connectivity index (χ0v) is 16.4. The molecule has 130 valence electrons. The molecule has 25 heavy (non-hydrogen) atoms. The smallest absolute Gasteiger partial charge is 0.258 e. The molecule has 1 aromatic carbocycles. The highest BCUT2D eigenvalue weighted by Gasteiger charge is 2.24. The van der Waals surface area contributed by atoms with Crippen molar-refractivity contribution in [3.8, 4) is 0 Å². The van der Waals surface area contributed by atoms with Crippen LogP contribution in [-0.2, 0) is 12.8 Å². The minimum atomic E-state index is -0.471. The molecule has 3 rings (SSSR count). The van der Waals surface area contributed by atoms with Gasteiger partial charge in [0.1, 0.15) is 5.00 Å². The van der Waals surface area contributed by atoms with Crippen molar-refractivity contribution in [2.24, 2.45) is 5.73 Å². The summed E-state index contributed by atoms with van der Waals surface area (Å²) in [5, 5.41) is 6.36. The summed E-state index contributed by atoms with van der Waals surface area (Å²) in [6.07, 6.45) is 3.95. The number of hydrogen-bond acceptors (Lipinski definition) is 4. The number of thiophene rings is 1. The van der Waals surface area contributed by atoms with Gasteiger partial charge in [-0.25, -0.2) is 0 Å². The number of fused-ring (bicyclic) bond motifs is 1. The largest absolute Gasteiger partial charge is 0.365 e. The van der Waals surface area contributed by atoms with E-state index in [4.69, 9.17) is 18.0 Å². The van der Waals surface area contributed by atoms with E-state index in [1.54, 1.807) is 18.2 Å². The lowest BCUT2D eigenvalue weighted by Crippen LogP contribution is -2.34. The molecule has 0 fully saturated rings. The van der Waals surface area contributed by atoms with Gasteiger partial charge in [0, 0.05) is 9.35 Å². The number of halogens is 1. The summed E-state index contributed by atoms with van der Waals surface area (Å²) in [7, 11) is 0. The molecular weight excluding hydrogens is 422 g/mol. The number of hydrogen-bond donors (Lipinski definition) is 3. The number of nitrogens with one attached hydrogen (secondary N) is 2. The predicted octanol–water partition coefficient (Wildman–Crippen LogP) is 3.62. The van der Waals surface area contributed by atoms with Crippen LogP contribution in [0.1, 0.15) is 44.0 Å². The first-order valence-electron chi connectivity index (χ1n) is 7.78. The lowest BCUT2D eigenvalue weighted by atomic mass is 9.95. The van der Waals surface area contributed by atoms with E-state index in [9.17, 15) is 9.59 Å². The lowest BCUT2D eigenvalue weighted by Gasteiger charge is -2.12. The van der Waals surface area contributed by atoms with Gasteiger partial charge in [0.05, 0.1) is 11.1 Å². The van der Waals surface area contributed by atoms with Crippen molar-refractivity contribution in [3.05, 3.63) is 50.3 Å². The average Bonchev–Trinajstić information content (AvgIpc) is 2.92. The zero-order chi connectivity index (χ0) is 18.0. The number of rotatable bonds is 3. The van der Waals surface area contributed by atoms with Crippen molar-refractivity contribution in [1.82, 2.24) is 5.32 Å². The minimum absolute atomic E-state index is 0.141. The number of benzene rings is 1. The minimum Gasteiger partial charge on any atom is -0.365 e. The van der Waals surface area contributed by atoms with Crippen LogP contribution in [0.4, 0.5) is 5.00 Å². The zero-order valence-electron chi connectivity index (χ0n) is 13.2. The fourth-order valence-corrected chi connectivity index (χ4v) is 4.89. The fourth-order valence-electron chi connectivity index (χ4n) is 2.86. The Morgan fingerprint density at radius 2 is 1.92 bits per heavy atom. The number of primary amides is 1. The number of nitrogens with two attached hydrogens (primary N) is 1. The maximum Gasteiger partial charge on any atom is 0.258 e. The van der Waals surface area contributed by atoms with Crippen LogP contribution in [0, 0.1) is 0 Å². The van der Waals surface area contributed by atoms with Crippen LogP contribution in [0.3, 0.4) is 0 Å². The summed E-state index contributed by atoms with van der Waals surface area (Å²) in [5.74, 6) is -0.797. The molecule has 0 bridgehead atoms. The molecule has 0 aliphatic heterocycles. The van der Waals surface area contributed by atoms with Crippen LogP contribution in [0.25, 0.3) is 0 Å². The number of thiocarbonyl (C=S) groups is 1. The van der Waals surface area contributed by atoms with Crippen molar-refractivity contribution in [1.29, 1.82) is 0 Å². The summed E-state index contributed by atoms with van der Waals surface area (Å²) in [6.45, 7) is 0. The summed E-state index contributed by atoms with van der Waals surface area (Å²) >= 11 is 10.1. The molecule has 2 aromatic rings. The van der Waals surface area contributed by atoms with Crippen LogP contribution in [0.2, 0.25) is 0 Å². The third-order valence-corrected chi connectivity index (χ3v) is 6.09. The third kappa shape index (κ3) is 3.91. The number of carbonyl (C=O) groups is 2. The predicted molar refractivity (Wildman–Crippen MR) is 107 cm³/mol. The molecule has 0 atom stereocenters. The quantitative estimate of drug-likeness (QED) is 0.640. The first-order valence-corrected chi connectivity index (χ1v) is 9.80. The SMILES string of the molecule is NC(=O)c1c(NC(=S)NC(=O)c2ccccc2Br)sc2c1CCCC2. The van der Waals surface area contributed by atoms with Gasteiger partial charge in [0.15, 0.2) is 5.11 Å². The molecule has 2 amide bonds. The standard InChI is InChI=1S/C17H16BrN3O2S2/c18-11-7-3-1-5-9(11)15(23)20-17(24)21-16-13(14(19)22)10-6-2-4-8-12(10)25-16/h1,3,5,7H,2,4,6,8H2,(H2,19,22)(H2,20,21,23,24). The Bertz CT molecular complexity index is 864. The summed E-state index contributed by atoms with van der Waals surface area (Å²) in [4.78, 5) is 25.4. The highest BCUT2D eigenvalue weighted by molar-refractivity contribution is 9.10. The van der Waals surface area contributed by atoms with Gasteiger partial charge in [-0.1, -0.05) is 12.1 Å². The molecule has 0 saturated heterocycles. The Balaban J connectivity index is 1.77. The van der Waals surface area contributed by atoms with Crippen molar-refractivity contribution >= 4 is 61.4 Å². The van der Waals surface area contributed by atoms with E-state index >= 15 is 0 Å². The van der Waals surface area contributed by atoms with E-state index in [2.05, 4.69) is 26.6 Å². The first kappa shape index (κ1) is 18.0. The second-order valence-corrected chi connectivity index (χ2v) is 8.04. The molecule has 1 heterocycles. The van der Waals surface area contributed by atoms with Gasteiger partial charge in [0.25, 0.3) is 11.8 Å². The monoisotopic (exact) mass is 437 g/mol. The van der Waals surface area contributed by atoms with Crippen molar-refractivity contribution < 1.29 is 9.59 Å². The normalized spacial score (nSPS) is 13.0. The molecular formula is C17H16BrN3O2S2. The average molecular weight is 438 g/mol. The Hall–Kier alpha value is -1.77. The Labute approximate surface area is 163 Å². The van der Waals surface area contributed by atoms with E-state index in [1.807, 2.05) is 6.07 Å². The fraction of sp³-hybridized carbons (Fsp3) is 0.235. The summed E-state index contributed by atoms with van der Waals surface area (Å²) < 4.78 is 0.680. The lowest BCUT2D eigenvalue weighted by molar-refractivity contribution is 0.0974. The highest BCUT2D eigenvalue weighted by atomic mass is 79.9. The molecule has 0 unspecified atom stereocenters. The topological polar surface area (TPSA) is 84.2 Å². The van der Waals surface area contributed by atoms with E-state index in [-0.39, 0.29) is 11.0 Å². The van der Waals surface area contributed by atoms with Crippen LogP contribution < -0.4 is 16.4 Å². The van der Waals surface area contributed by atoms with Gasteiger partial charge in [0.2, 0.25) is 0 Å². The van der Waals surface area contributed by atoms with Gasteiger partial charge < -0.3 is 11.1 Å². The molecule has 0 saturated carbocycles. The number of amides is 2. The molecule has 0 radical (unpaired) electrons. The second-order valence-electron chi connectivity index (χ2n) is 5.67.